The third-order valence-electron chi connectivity index (χ3n) is 2.48. The van der Waals surface area contributed by atoms with E-state index in [0.29, 0.717) is 11.9 Å². The molecule has 1 aromatic rings. The third-order valence-corrected chi connectivity index (χ3v) is 3.40. The van der Waals surface area contributed by atoms with Crippen molar-refractivity contribution in [3.8, 4) is 0 Å². The standard InChI is InChI=1S/C10H17N3OS/c1-2-5-14-8-3-4-13(6-8)10-12-9(11)7-15-10/h7-8H,2-6,11H2,1H3. The molecule has 5 heteroatoms. The molecule has 0 radical (unpaired) electrons. The molecule has 15 heavy (non-hydrogen) atoms. The number of nitrogens with two attached hydrogens (primary N) is 1. The number of hydrogen-bond donors (Lipinski definition) is 1. The second-order valence-corrected chi connectivity index (χ2v) is 4.62. The smallest absolute Gasteiger partial charge is 0.187 e. The number of anilines is 2. The van der Waals surface area contributed by atoms with E-state index in [0.717, 1.165) is 37.7 Å². The highest BCUT2D eigenvalue weighted by atomic mass is 32.1. The van der Waals surface area contributed by atoms with E-state index in [9.17, 15) is 0 Å². The lowest BCUT2D eigenvalue weighted by molar-refractivity contribution is 0.0688. The number of ether oxygens (including phenoxy) is 1. The topological polar surface area (TPSA) is 51.4 Å². The highest BCUT2D eigenvalue weighted by Crippen LogP contribution is 2.26. The molecule has 0 amide bonds. The summed E-state index contributed by atoms with van der Waals surface area (Å²) in [6.45, 7) is 4.97. The van der Waals surface area contributed by atoms with Gasteiger partial charge in [-0.05, 0) is 12.8 Å². The van der Waals surface area contributed by atoms with Crippen LogP contribution in [0.25, 0.3) is 0 Å². The first kappa shape index (κ1) is 10.7. The molecule has 1 aliphatic rings. The van der Waals surface area contributed by atoms with Gasteiger partial charge in [-0.25, -0.2) is 4.98 Å². The van der Waals surface area contributed by atoms with Crippen molar-refractivity contribution in [1.82, 2.24) is 4.98 Å². The van der Waals surface area contributed by atoms with Crippen molar-refractivity contribution in [3.05, 3.63) is 5.38 Å². The summed E-state index contributed by atoms with van der Waals surface area (Å²) < 4.78 is 5.71. The molecule has 1 unspecified atom stereocenters. The first-order valence-electron chi connectivity index (χ1n) is 5.37. The molecular weight excluding hydrogens is 210 g/mol. The summed E-state index contributed by atoms with van der Waals surface area (Å²) in [5.41, 5.74) is 5.60. The van der Waals surface area contributed by atoms with E-state index in [1.54, 1.807) is 11.3 Å². The Balaban J connectivity index is 1.87. The van der Waals surface area contributed by atoms with Gasteiger partial charge in [0.15, 0.2) is 5.13 Å². The maximum atomic E-state index is 5.71. The Labute approximate surface area is 94.1 Å². The normalized spacial score (nSPS) is 21.1. The predicted octanol–water partition coefficient (Wildman–Crippen LogP) is 1.73. The van der Waals surface area contributed by atoms with E-state index >= 15 is 0 Å². The zero-order valence-corrected chi connectivity index (χ0v) is 9.80. The maximum Gasteiger partial charge on any atom is 0.187 e. The molecule has 1 fully saturated rings. The fourth-order valence-electron chi connectivity index (χ4n) is 1.74. The van der Waals surface area contributed by atoms with Crippen LogP contribution < -0.4 is 10.6 Å². The highest BCUT2D eigenvalue weighted by molar-refractivity contribution is 7.14. The second kappa shape index (κ2) is 4.81. The maximum absolute atomic E-state index is 5.71. The van der Waals surface area contributed by atoms with Gasteiger partial charge in [-0.3, -0.25) is 0 Å². The van der Waals surface area contributed by atoms with Crippen LogP contribution in [0.5, 0.6) is 0 Å². The fourth-order valence-corrected chi connectivity index (χ4v) is 2.50. The number of nitrogen functional groups attached to an aromatic ring is 1. The Hall–Kier alpha value is -0.810. The summed E-state index contributed by atoms with van der Waals surface area (Å²) in [6.07, 6.45) is 2.55. The van der Waals surface area contributed by atoms with E-state index in [4.69, 9.17) is 10.5 Å². The molecule has 2 heterocycles. The first-order chi connectivity index (χ1) is 7.29. The molecule has 2 rings (SSSR count). The van der Waals surface area contributed by atoms with Crippen molar-refractivity contribution in [1.29, 1.82) is 0 Å². The van der Waals surface area contributed by atoms with E-state index < -0.39 is 0 Å². The third kappa shape index (κ3) is 2.60. The monoisotopic (exact) mass is 227 g/mol. The molecule has 2 N–H and O–H groups in total. The number of hydrogen-bond acceptors (Lipinski definition) is 5. The van der Waals surface area contributed by atoms with Gasteiger partial charge in [0.2, 0.25) is 0 Å². The number of nitrogens with zero attached hydrogens (tertiary/aromatic N) is 2. The highest BCUT2D eigenvalue weighted by Gasteiger charge is 2.24. The van der Waals surface area contributed by atoms with Gasteiger partial charge in [0, 0.05) is 25.1 Å². The summed E-state index contributed by atoms with van der Waals surface area (Å²) in [6, 6.07) is 0. The molecule has 84 valence electrons. The molecular formula is C10H17N3OS. The van der Waals surface area contributed by atoms with E-state index in [1.807, 2.05) is 5.38 Å². The van der Waals surface area contributed by atoms with Crippen molar-refractivity contribution in [2.45, 2.75) is 25.9 Å². The van der Waals surface area contributed by atoms with Crippen LogP contribution in [0.3, 0.4) is 0 Å². The molecule has 1 aliphatic heterocycles. The molecule has 0 bridgehead atoms. The Kier molecular flexibility index (Phi) is 3.43. The summed E-state index contributed by atoms with van der Waals surface area (Å²) in [4.78, 5) is 6.53. The Morgan fingerprint density at radius 2 is 2.60 bits per heavy atom. The lowest BCUT2D eigenvalue weighted by atomic mass is 10.3. The summed E-state index contributed by atoms with van der Waals surface area (Å²) in [5, 5.41) is 2.91. The van der Waals surface area contributed by atoms with Crippen LogP contribution in [0, 0.1) is 0 Å². The van der Waals surface area contributed by atoms with Gasteiger partial charge in [-0.1, -0.05) is 6.92 Å². The minimum Gasteiger partial charge on any atom is -0.383 e. The Morgan fingerprint density at radius 3 is 3.27 bits per heavy atom. The van der Waals surface area contributed by atoms with Gasteiger partial charge in [-0.2, -0.15) is 0 Å². The number of rotatable bonds is 4. The van der Waals surface area contributed by atoms with E-state index in [-0.39, 0.29) is 0 Å². The minimum atomic E-state index is 0.370. The SMILES string of the molecule is CCCOC1CCN(c2nc(N)cs2)C1. The molecule has 0 aliphatic carbocycles. The molecule has 0 spiro atoms. The summed E-state index contributed by atoms with van der Waals surface area (Å²) in [5.74, 6) is 0.618. The van der Waals surface area contributed by atoms with Crippen LogP contribution in [-0.4, -0.2) is 30.8 Å². The lowest BCUT2D eigenvalue weighted by Crippen LogP contribution is -2.22. The Bertz CT molecular complexity index is 315. The lowest BCUT2D eigenvalue weighted by Gasteiger charge is -2.14. The van der Waals surface area contributed by atoms with Crippen LogP contribution in [0.2, 0.25) is 0 Å². The van der Waals surface area contributed by atoms with Crippen LogP contribution in [-0.2, 0) is 4.74 Å². The average molecular weight is 227 g/mol. The van der Waals surface area contributed by atoms with Crippen molar-refractivity contribution in [2.75, 3.05) is 30.3 Å². The summed E-state index contributed by atoms with van der Waals surface area (Å²) in [7, 11) is 0. The van der Waals surface area contributed by atoms with E-state index in [2.05, 4.69) is 16.8 Å². The minimum absolute atomic E-state index is 0.370. The zero-order valence-electron chi connectivity index (χ0n) is 8.98. The first-order valence-corrected chi connectivity index (χ1v) is 6.25. The molecule has 1 atom stereocenters. The van der Waals surface area contributed by atoms with Gasteiger partial charge >= 0.3 is 0 Å². The van der Waals surface area contributed by atoms with Crippen molar-refractivity contribution >= 4 is 22.3 Å². The molecule has 0 saturated carbocycles. The van der Waals surface area contributed by atoms with Crippen molar-refractivity contribution in [3.63, 3.8) is 0 Å². The Morgan fingerprint density at radius 1 is 1.73 bits per heavy atom. The average Bonchev–Trinajstić information content (AvgIpc) is 2.83. The van der Waals surface area contributed by atoms with Gasteiger partial charge < -0.3 is 15.4 Å². The summed E-state index contributed by atoms with van der Waals surface area (Å²) >= 11 is 1.61. The fraction of sp³-hybridized carbons (Fsp3) is 0.700. The van der Waals surface area contributed by atoms with Gasteiger partial charge in [0.25, 0.3) is 0 Å². The van der Waals surface area contributed by atoms with Gasteiger partial charge in [0.1, 0.15) is 5.82 Å². The second-order valence-electron chi connectivity index (χ2n) is 3.78. The largest absolute Gasteiger partial charge is 0.383 e. The number of aromatic nitrogens is 1. The zero-order chi connectivity index (χ0) is 10.7. The molecule has 4 nitrogen and oxygen atoms in total. The van der Waals surface area contributed by atoms with Gasteiger partial charge in [0.05, 0.1) is 6.10 Å². The predicted molar refractivity (Wildman–Crippen MR) is 63.4 cm³/mol. The molecule has 1 saturated heterocycles. The van der Waals surface area contributed by atoms with Crippen LogP contribution in [0.4, 0.5) is 10.9 Å². The molecule has 1 aromatic heterocycles. The van der Waals surface area contributed by atoms with Crippen molar-refractivity contribution < 1.29 is 4.74 Å². The van der Waals surface area contributed by atoms with Gasteiger partial charge in [-0.15, -0.1) is 11.3 Å². The quantitative estimate of drug-likeness (QED) is 0.851. The van der Waals surface area contributed by atoms with Crippen molar-refractivity contribution in [2.24, 2.45) is 0 Å². The van der Waals surface area contributed by atoms with Crippen LogP contribution in [0.1, 0.15) is 19.8 Å². The van der Waals surface area contributed by atoms with Crippen LogP contribution in [0.15, 0.2) is 5.38 Å². The molecule has 0 aromatic carbocycles. The number of thiazole rings is 1. The van der Waals surface area contributed by atoms with Crippen LogP contribution >= 0.6 is 11.3 Å². The van der Waals surface area contributed by atoms with E-state index in [1.165, 1.54) is 0 Å².